The third-order valence-corrected chi connectivity index (χ3v) is 24.2. The van der Waals surface area contributed by atoms with E-state index in [0.29, 0.717) is 0 Å². The first-order valence-corrected chi connectivity index (χ1v) is 20.9. The van der Waals surface area contributed by atoms with Crippen molar-refractivity contribution in [3.63, 3.8) is 0 Å². The van der Waals surface area contributed by atoms with Gasteiger partial charge in [-0.05, 0) is 0 Å². The van der Waals surface area contributed by atoms with Gasteiger partial charge in [0, 0.05) is 0 Å². The Balaban J connectivity index is 3.63. The van der Waals surface area contributed by atoms with Crippen molar-refractivity contribution in [2.24, 2.45) is 0 Å². The highest BCUT2D eigenvalue weighted by molar-refractivity contribution is 7.16. The lowest BCUT2D eigenvalue weighted by Gasteiger charge is -2.40. The van der Waals surface area contributed by atoms with Crippen molar-refractivity contribution in [1.82, 2.24) is 0 Å². The van der Waals surface area contributed by atoms with E-state index < -0.39 is 32.3 Å². The second-order valence-electron chi connectivity index (χ2n) is 9.52. The molecule has 0 atom stereocenters. The van der Waals surface area contributed by atoms with Gasteiger partial charge in [0.2, 0.25) is 0 Å². The van der Waals surface area contributed by atoms with Crippen LogP contribution in [0.15, 0.2) is 9.64 Å². The first-order valence-electron chi connectivity index (χ1n) is 7.46. The van der Waals surface area contributed by atoms with Gasteiger partial charge in [-0.25, -0.2) is 0 Å². The van der Waals surface area contributed by atoms with Gasteiger partial charge in [-0.2, -0.15) is 0 Å². The topological polar surface area (TPSA) is 0 Å². The summed E-state index contributed by atoms with van der Waals surface area (Å²) in [5.41, 5.74) is 0. The standard InChI is InChI=1S/C14H34Si4/c1-15(2,3)13(16(4,5)6)14-17(7,8)11-12-18(14,9)10/h11-12H2,1-10H3. The minimum absolute atomic E-state index is 1.08. The average molecular weight is 315 g/mol. The highest BCUT2D eigenvalue weighted by Crippen LogP contribution is 2.46. The Hall–Kier alpha value is 0.608. The van der Waals surface area contributed by atoms with Crippen molar-refractivity contribution < 1.29 is 0 Å². The fourth-order valence-corrected chi connectivity index (χ4v) is 38.3. The normalized spacial score (nSPS) is 23.3. The lowest BCUT2D eigenvalue weighted by molar-refractivity contribution is 1.35. The highest BCUT2D eigenvalue weighted by atomic mass is 28.4. The molecule has 0 radical (unpaired) electrons. The van der Waals surface area contributed by atoms with Gasteiger partial charge in [-0.1, -0.05) is 87.2 Å². The molecule has 0 spiro atoms. The molecule has 1 saturated heterocycles. The Morgan fingerprint density at radius 1 is 0.722 bits per heavy atom. The van der Waals surface area contributed by atoms with E-state index in [1.807, 2.05) is 0 Å². The molecular formula is C14H34Si4. The van der Waals surface area contributed by atoms with Crippen molar-refractivity contribution in [1.29, 1.82) is 0 Å². The second kappa shape index (κ2) is 4.57. The van der Waals surface area contributed by atoms with Gasteiger partial charge in [0.05, 0.1) is 32.3 Å². The van der Waals surface area contributed by atoms with Gasteiger partial charge >= 0.3 is 0 Å². The molecule has 4 heteroatoms. The number of hydrogen-bond donors (Lipinski definition) is 0. The lowest BCUT2D eigenvalue weighted by atomic mass is 10.9. The summed E-state index contributed by atoms with van der Waals surface area (Å²) in [5.74, 6) is 0. The van der Waals surface area contributed by atoms with Crippen LogP contribution in [0.3, 0.4) is 0 Å². The maximum atomic E-state index is 2.66. The zero-order valence-corrected chi connectivity index (χ0v) is 18.4. The molecular weight excluding hydrogens is 280 g/mol. The molecule has 106 valence electrons. The molecule has 1 aliphatic rings. The van der Waals surface area contributed by atoms with E-state index in [-0.39, 0.29) is 0 Å². The van der Waals surface area contributed by atoms with Gasteiger partial charge in [0.1, 0.15) is 0 Å². The second-order valence-corrected chi connectivity index (χ2v) is 30.1. The van der Waals surface area contributed by atoms with Crippen LogP contribution in [0.2, 0.25) is 77.6 Å². The first kappa shape index (κ1) is 16.7. The van der Waals surface area contributed by atoms with Gasteiger partial charge in [-0.3, -0.25) is 0 Å². The zero-order chi connectivity index (χ0) is 14.6. The van der Waals surface area contributed by atoms with Crippen LogP contribution >= 0.6 is 0 Å². The molecule has 0 aromatic rings. The van der Waals surface area contributed by atoms with Crippen LogP contribution in [-0.4, -0.2) is 32.3 Å². The third-order valence-electron chi connectivity index (χ3n) is 4.48. The van der Waals surface area contributed by atoms with Crippen LogP contribution in [0.5, 0.6) is 0 Å². The predicted octanol–water partition coefficient (Wildman–Crippen LogP) is 5.55. The van der Waals surface area contributed by atoms with E-state index in [2.05, 4.69) is 75.1 Å². The van der Waals surface area contributed by atoms with E-state index in [0.717, 1.165) is 0 Å². The van der Waals surface area contributed by atoms with Crippen LogP contribution in [0.4, 0.5) is 0 Å². The Bertz CT molecular complexity index is 330. The minimum atomic E-state index is -1.15. The summed E-state index contributed by atoms with van der Waals surface area (Å²) in [6.07, 6.45) is 0. The highest BCUT2D eigenvalue weighted by Gasteiger charge is 2.49. The van der Waals surface area contributed by atoms with E-state index in [1.165, 1.54) is 0 Å². The van der Waals surface area contributed by atoms with Crippen LogP contribution in [0.25, 0.3) is 0 Å². The molecule has 1 rings (SSSR count). The van der Waals surface area contributed by atoms with Gasteiger partial charge in [0.15, 0.2) is 0 Å². The molecule has 0 nitrogen and oxygen atoms in total. The zero-order valence-electron chi connectivity index (χ0n) is 14.4. The minimum Gasteiger partial charge on any atom is -0.0991 e. The number of rotatable bonds is 2. The largest absolute Gasteiger partial charge is 0.0991 e. The smallest absolute Gasteiger partial charge is 0.0699 e. The SMILES string of the molecule is C[Si](C)(C)C(=C1[Si](C)(C)CC[Si]1(C)C)[Si](C)(C)C. The Labute approximate surface area is 119 Å². The summed E-state index contributed by atoms with van der Waals surface area (Å²) >= 11 is 0. The maximum absolute atomic E-state index is 2.66. The Morgan fingerprint density at radius 2 is 1.00 bits per heavy atom. The molecule has 1 aliphatic heterocycles. The fourth-order valence-electron chi connectivity index (χ4n) is 4.34. The van der Waals surface area contributed by atoms with Crippen molar-refractivity contribution in [3.05, 3.63) is 9.64 Å². The molecule has 0 saturated carbocycles. The van der Waals surface area contributed by atoms with E-state index in [4.69, 9.17) is 0 Å². The quantitative estimate of drug-likeness (QED) is 0.586. The van der Waals surface area contributed by atoms with Crippen molar-refractivity contribution in [2.75, 3.05) is 0 Å². The van der Waals surface area contributed by atoms with Crippen molar-refractivity contribution in [3.8, 4) is 0 Å². The van der Waals surface area contributed by atoms with Crippen molar-refractivity contribution in [2.45, 2.75) is 77.6 Å². The summed E-state index contributed by atoms with van der Waals surface area (Å²) in [7, 11) is -4.46. The molecule has 0 unspecified atom stereocenters. The molecule has 0 bridgehead atoms. The molecule has 0 N–H and O–H groups in total. The predicted molar refractivity (Wildman–Crippen MR) is 98.3 cm³/mol. The number of hydrogen-bond acceptors (Lipinski definition) is 0. The summed E-state index contributed by atoms with van der Waals surface area (Å²) in [4.78, 5) is 4.22. The van der Waals surface area contributed by atoms with Crippen LogP contribution in [-0.2, 0) is 0 Å². The third kappa shape index (κ3) is 3.19. The molecule has 0 aromatic carbocycles. The molecule has 18 heavy (non-hydrogen) atoms. The molecule has 1 fully saturated rings. The van der Waals surface area contributed by atoms with Gasteiger partial charge in [-0.15, -0.1) is 0 Å². The lowest BCUT2D eigenvalue weighted by Crippen LogP contribution is -2.48. The Kier molecular flexibility index (Phi) is 4.23. The molecule has 1 heterocycles. The van der Waals surface area contributed by atoms with E-state index >= 15 is 0 Å². The summed E-state index contributed by atoms with van der Waals surface area (Å²) in [6.45, 7) is 26.2. The van der Waals surface area contributed by atoms with Crippen molar-refractivity contribution >= 4 is 32.3 Å². The van der Waals surface area contributed by atoms with E-state index in [1.54, 1.807) is 12.1 Å². The van der Waals surface area contributed by atoms with Gasteiger partial charge in [0.25, 0.3) is 0 Å². The van der Waals surface area contributed by atoms with Crippen LogP contribution < -0.4 is 0 Å². The van der Waals surface area contributed by atoms with Gasteiger partial charge < -0.3 is 0 Å². The summed E-state index contributed by atoms with van der Waals surface area (Å²) in [5, 5.41) is 0. The first-order chi connectivity index (χ1) is 7.70. The summed E-state index contributed by atoms with van der Waals surface area (Å²) < 4.78 is 0. The van der Waals surface area contributed by atoms with Crippen LogP contribution in [0.1, 0.15) is 0 Å². The monoisotopic (exact) mass is 314 g/mol. The maximum Gasteiger partial charge on any atom is 0.0699 e. The summed E-state index contributed by atoms with van der Waals surface area (Å²) in [6, 6.07) is 3.14. The van der Waals surface area contributed by atoms with Crippen LogP contribution in [0, 0.1) is 0 Å². The van der Waals surface area contributed by atoms with E-state index in [9.17, 15) is 0 Å². The Morgan fingerprint density at radius 3 is 1.22 bits per heavy atom. The average Bonchev–Trinajstić information content (AvgIpc) is 2.24. The molecule has 0 aromatic heterocycles. The molecule has 0 amide bonds. The fraction of sp³-hybridized carbons (Fsp3) is 0.857. The molecule has 0 aliphatic carbocycles.